The average Bonchev–Trinajstić information content (AvgIpc) is 2.91. The molecule has 4 heteroatoms. The molecule has 3 atom stereocenters. The molecule has 1 heterocycles. The predicted octanol–water partition coefficient (Wildman–Crippen LogP) is 3.21. The van der Waals surface area contributed by atoms with Crippen molar-refractivity contribution in [1.82, 2.24) is 0 Å². The summed E-state index contributed by atoms with van der Waals surface area (Å²) in [5.74, 6) is 0.228. The van der Waals surface area contributed by atoms with Gasteiger partial charge in [0.05, 0.1) is 24.9 Å². The van der Waals surface area contributed by atoms with Crippen LogP contribution in [-0.4, -0.2) is 27.5 Å². The second-order valence-corrected chi connectivity index (χ2v) is 5.86. The van der Waals surface area contributed by atoms with E-state index in [9.17, 15) is 15.3 Å². The van der Waals surface area contributed by atoms with Crippen LogP contribution in [0.2, 0.25) is 0 Å². The molecular formula is C18H26O4. The highest BCUT2D eigenvalue weighted by molar-refractivity contribution is 5.42. The van der Waals surface area contributed by atoms with Crippen molar-refractivity contribution < 1.29 is 20.1 Å². The van der Waals surface area contributed by atoms with Crippen molar-refractivity contribution in [3.63, 3.8) is 0 Å². The van der Waals surface area contributed by atoms with Crippen LogP contribution in [0.1, 0.15) is 56.3 Å². The number of aliphatic hydroxyl groups excluding tert-OH is 2. The molecule has 0 saturated heterocycles. The third-order valence-electron chi connectivity index (χ3n) is 4.12. The molecule has 4 nitrogen and oxygen atoms in total. The van der Waals surface area contributed by atoms with Gasteiger partial charge in [-0.15, -0.1) is 0 Å². The number of allylic oxidation sites excluding steroid dienone is 1. The molecule has 0 aliphatic carbocycles. The van der Waals surface area contributed by atoms with Crippen molar-refractivity contribution in [3.05, 3.63) is 41.5 Å². The molecule has 0 amide bonds. The molecule has 0 bridgehead atoms. The number of unbranched alkanes of at least 4 members (excludes halogenated alkanes) is 3. The Kier molecular flexibility index (Phi) is 6.43. The lowest BCUT2D eigenvalue weighted by Crippen LogP contribution is -2.25. The first kappa shape index (κ1) is 17.0. The number of ether oxygens (including phenoxy) is 1. The van der Waals surface area contributed by atoms with Crippen LogP contribution in [0, 0.1) is 0 Å². The highest BCUT2D eigenvalue weighted by atomic mass is 16.5. The van der Waals surface area contributed by atoms with E-state index in [0.29, 0.717) is 13.0 Å². The maximum Gasteiger partial charge on any atom is 0.121 e. The topological polar surface area (TPSA) is 69.9 Å². The minimum Gasteiger partial charge on any atom is -0.508 e. The van der Waals surface area contributed by atoms with Gasteiger partial charge in [-0.3, -0.25) is 0 Å². The number of fused-ring (bicyclic) bond motifs is 1. The van der Waals surface area contributed by atoms with E-state index < -0.39 is 12.2 Å². The molecule has 0 spiro atoms. The molecule has 3 unspecified atom stereocenters. The summed E-state index contributed by atoms with van der Waals surface area (Å²) >= 11 is 0. The van der Waals surface area contributed by atoms with Gasteiger partial charge in [-0.1, -0.05) is 44.1 Å². The standard InChI is InChI=1S/C18H26O4/c1-2-3-4-5-6-9-16(20)17(21)11-18-13-8-7-10-15(19)14(13)12-22-18/h6-10,16-21H,2-5,11-12H2,1H3/b9-6+. The number of hydrogen-bond donors (Lipinski definition) is 3. The lowest BCUT2D eigenvalue weighted by Gasteiger charge is -2.19. The quantitative estimate of drug-likeness (QED) is 0.509. The maximum absolute atomic E-state index is 10.1. The summed E-state index contributed by atoms with van der Waals surface area (Å²) in [6.45, 7) is 2.50. The zero-order valence-corrected chi connectivity index (χ0v) is 13.1. The van der Waals surface area contributed by atoms with Crippen molar-refractivity contribution in [2.24, 2.45) is 0 Å². The monoisotopic (exact) mass is 306 g/mol. The van der Waals surface area contributed by atoms with Gasteiger partial charge in [-0.25, -0.2) is 0 Å². The summed E-state index contributed by atoms with van der Waals surface area (Å²) in [4.78, 5) is 0. The summed E-state index contributed by atoms with van der Waals surface area (Å²) in [7, 11) is 0. The zero-order chi connectivity index (χ0) is 15.9. The Bertz CT molecular complexity index is 498. The Morgan fingerprint density at radius 3 is 2.91 bits per heavy atom. The lowest BCUT2D eigenvalue weighted by atomic mass is 9.98. The minimum absolute atomic E-state index is 0.228. The van der Waals surface area contributed by atoms with Gasteiger partial charge in [-0.05, 0) is 24.5 Å². The largest absolute Gasteiger partial charge is 0.508 e. The Labute approximate surface area is 132 Å². The van der Waals surface area contributed by atoms with E-state index in [4.69, 9.17) is 4.74 Å². The molecule has 22 heavy (non-hydrogen) atoms. The Hall–Kier alpha value is -1.36. The molecular weight excluding hydrogens is 280 g/mol. The molecule has 1 aliphatic rings. The summed E-state index contributed by atoms with van der Waals surface area (Å²) in [6, 6.07) is 5.30. The maximum atomic E-state index is 10.1. The molecule has 3 N–H and O–H groups in total. The van der Waals surface area contributed by atoms with Crippen LogP contribution in [0.15, 0.2) is 30.4 Å². The summed E-state index contributed by atoms with van der Waals surface area (Å²) < 4.78 is 5.63. The van der Waals surface area contributed by atoms with Gasteiger partial charge in [0.15, 0.2) is 0 Å². The van der Waals surface area contributed by atoms with E-state index in [1.165, 1.54) is 12.8 Å². The first-order valence-corrected chi connectivity index (χ1v) is 8.08. The zero-order valence-electron chi connectivity index (χ0n) is 13.1. The second kappa shape index (κ2) is 8.32. The van der Waals surface area contributed by atoms with Crippen molar-refractivity contribution in [3.8, 4) is 5.75 Å². The van der Waals surface area contributed by atoms with Crippen LogP contribution < -0.4 is 0 Å². The number of aliphatic hydroxyl groups is 2. The molecule has 0 aromatic heterocycles. The van der Waals surface area contributed by atoms with Gasteiger partial charge in [0.25, 0.3) is 0 Å². The van der Waals surface area contributed by atoms with Crippen molar-refractivity contribution >= 4 is 0 Å². The van der Waals surface area contributed by atoms with Gasteiger partial charge in [0.2, 0.25) is 0 Å². The molecule has 0 fully saturated rings. The van der Waals surface area contributed by atoms with E-state index in [-0.39, 0.29) is 11.9 Å². The first-order valence-electron chi connectivity index (χ1n) is 8.08. The van der Waals surface area contributed by atoms with Gasteiger partial charge >= 0.3 is 0 Å². The Balaban J connectivity index is 1.85. The number of hydrogen-bond acceptors (Lipinski definition) is 4. The predicted molar refractivity (Wildman–Crippen MR) is 85.5 cm³/mol. The SMILES string of the molecule is CCCCC/C=C/C(O)C(O)CC1OCc2c(O)cccc21. The number of phenols is 1. The van der Waals surface area contributed by atoms with Gasteiger partial charge in [0.1, 0.15) is 5.75 Å². The number of benzene rings is 1. The average molecular weight is 306 g/mol. The smallest absolute Gasteiger partial charge is 0.121 e. The van der Waals surface area contributed by atoms with Gasteiger partial charge in [-0.2, -0.15) is 0 Å². The molecule has 1 aliphatic heterocycles. The summed E-state index contributed by atoms with van der Waals surface area (Å²) in [5, 5.41) is 29.9. The molecule has 2 rings (SSSR count). The first-order chi connectivity index (χ1) is 10.6. The van der Waals surface area contributed by atoms with Crippen LogP contribution in [0.25, 0.3) is 0 Å². The minimum atomic E-state index is -0.883. The fourth-order valence-electron chi connectivity index (χ4n) is 2.75. The summed E-state index contributed by atoms with van der Waals surface area (Å²) in [5.41, 5.74) is 1.68. The number of rotatable bonds is 8. The number of aromatic hydroxyl groups is 1. The molecule has 1 aromatic rings. The van der Waals surface area contributed by atoms with Crippen LogP contribution in [0.5, 0.6) is 5.75 Å². The van der Waals surface area contributed by atoms with E-state index in [1.54, 1.807) is 18.2 Å². The fourth-order valence-corrected chi connectivity index (χ4v) is 2.75. The third kappa shape index (κ3) is 4.32. The van der Waals surface area contributed by atoms with Gasteiger partial charge in [0, 0.05) is 12.0 Å². The summed E-state index contributed by atoms with van der Waals surface area (Å²) in [6.07, 6.45) is 6.26. The van der Waals surface area contributed by atoms with Crippen LogP contribution >= 0.6 is 0 Å². The van der Waals surface area contributed by atoms with Crippen molar-refractivity contribution in [1.29, 1.82) is 0 Å². The van der Waals surface area contributed by atoms with E-state index in [2.05, 4.69) is 6.92 Å². The van der Waals surface area contributed by atoms with E-state index in [1.807, 2.05) is 12.1 Å². The Morgan fingerprint density at radius 1 is 1.32 bits per heavy atom. The molecule has 122 valence electrons. The van der Waals surface area contributed by atoms with Crippen LogP contribution in [-0.2, 0) is 11.3 Å². The van der Waals surface area contributed by atoms with Crippen LogP contribution in [0.3, 0.4) is 0 Å². The normalized spacial score (nSPS) is 20.2. The van der Waals surface area contributed by atoms with E-state index >= 15 is 0 Å². The highest BCUT2D eigenvalue weighted by Crippen LogP contribution is 2.38. The lowest BCUT2D eigenvalue weighted by molar-refractivity contribution is -0.0152. The highest BCUT2D eigenvalue weighted by Gasteiger charge is 2.29. The van der Waals surface area contributed by atoms with Gasteiger partial charge < -0.3 is 20.1 Å². The number of phenolic OH excluding ortho intramolecular Hbond substituents is 1. The third-order valence-corrected chi connectivity index (χ3v) is 4.12. The molecule has 0 saturated carbocycles. The van der Waals surface area contributed by atoms with E-state index in [0.717, 1.165) is 24.0 Å². The Morgan fingerprint density at radius 2 is 2.14 bits per heavy atom. The molecule has 0 radical (unpaired) electrons. The van der Waals surface area contributed by atoms with Crippen molar-refractivity contribution in [2.75, 3.05) is 0 Å². The second-order valence-electron chi connectivity index (χ2n) is 5.86. The van der Waals surface area contributed by atoms with Crippen LogP contribution in [0.4, 0.5) is 0 Å². The van der Waals surface area contributed by atoms with Crippen molar-refractivity contribution in [2.45, 2.75) is 63.9 Å². The fraction of sp³-hybridized carbons (Fsp3) is 0.556. The molecule has 1 aromatic carbocycles.